The number of rotatable bonds is 8. The Morgan fingerprint density at radius 2 is 1.52 bits per heavy atom. The van der Waals surface area contributed by atoms with Gasteiger partial charge in [-0.1, -0.05) is 53.7 Å². The fourth-order valence-corrected chi connectivity index (χ4v) is 2.00. The summed E-state index contributed by atoms with van der Waals surface area (Å²) in [5.74, 6) is -0.709. The minimum Gasteiger partial charge on any atom is -0.461 e. The Balaban J connectivity index is -0.000000999. The van der Waals surface area contributed by atoms with Gasteiger partial charge in [0.25, 0.3) is 0 Å². The molecule has 9 nitrogen and oxygen atoms in total. The van der Waals surface area contributed by atoms with Crippen LogP contribution in [-0.4, -0.2) is 36.8 Å². The first-order valence-corrected chi connectivity index (χ1v) is 10.4. The van der Waals surface area contributed by atoms with E-state index in [1.807, 2.05) is 41.5 Å². The molecule has 0 radical (unpaired) electrons. The van der Waals surface area contributed by atoms with Crippen LogP contribution in [0.1, 0.15) is 60.5 Å². The van der Waals surface area contributed by atoms with Gasteiger partial charge < -0.3 is 26.8 Å². The van der Waals surface area contributed by atoms with Gasteiger partial charge in [0.05, 0.1) is 6.54 Å². The summed E-state index contributed by atoms with van der Waals surface area (Å²) >= 11 is 0. The molecule has 0 spiro atoms. The van der Waals surface area contributed by atoms with Crippen molar-refractivity contribution < 1.29 is 23.9 Å². The lowest BCUT2D eigenvalue weighted by atomic mass is 10.0. The van der Waals surface area contributed by atoms with Crippen molar-refractivity contribution in [1.82, 2.24) is 5.32 Å². The third-order valence-electron chi connectivity index (χ3n) is 3.42. The molecule has 9 heteroatoms. The van der Waals surface area contributed by atoms with Gasteiger partial charge in [-0.15, -0.1) is 0 Å². The maximum atomic E-state index is 12.1. The van der Waals surface area contributed by atoms with Crippen molar-refractivity contribution in [3.8, 4) is 0 Å². The number of amides is 3. The molecule has 0 bridgehead atoms. The van der Waals surface area contributed by atoms with E-state index in [-0.39, 0.29) is 55.7 Å². The summed E-state index contributed by atoms with van der Waals surface area (Å²) in [6, 6.07) is 6.74. The van der Waals surface area contributed by atoms with Crippen LogP contribution < -0.4 is 22.1 Å². The van der Waals surface area contributed by atoms with Gasteiger partial charge in [0.2, 0.25) is 18.2 Å². The predicted molar refractivity (Wildman–Crippen MR) is 124 cm³/mol. The molecule has 0 aromatic heterocycles. The van der Waals surface area contributed by atoms with E-state index >= 15 is 0 Å². The van der Waals surface area contributed by atoms with Crippen LogP contribution in [0.15, 0.2) is 24.3 Å². The average molecular weight is 441 g/mol. The molecular formula is C22H40N4O5. The number of esters is 1. The smallest absolute Gasteiger partial charge is 0.302 e. The zero-order chi connectivity index (χ0) is 24.8. The molecule has 0 heterocycles. The highest BCUT2D eigenvalue weighted by molar-refractivity contribution is 5.91. The molecular weight excluding hydrogens is 400 g/mol. The second-order valence-corrected chi connectivity index (χ2v) is 5.99. The number of ether oxygens (including phenoxy) is 1. The summed E-state index contributed by atoms with van der Waals surface area (Å²) in [7, 11) is 0. The Kier molecular flexibility index (Phi) is 23.0. The van der Waals surface area contributed by atoms with Gasteiger partial charge in [0.15, 0.2) is 0 Å². The summed E-state index contributed by atoms with van der Waals surface area (Å²) in [6.07, 6.45) is 0.415. The Labute approximate surface area is 186 Å². The van der Waals surface area contributed by atoms with E-state index in [1.165, 1.54) is 6.92 Å². The minimum atomic E-state index is -0.341. The van der Waals surface area contributed by atoms with Crippen LogP contribution in [0.3, 0.4) is 0 Å². The SMILES string of the molecule is CC.CC.CC(=O)OCc1ccc(NC(=O)CC(NC(=O)CN)C(C)C)cc1.NC=O. The summed E-state index contributed by atoms with van der Waals surface area (Å²) in [5.41, 5.74) is 10.9. The first-order valence-electron chi connectivity index (χ1n) is 10.4. The topological polar surface area (TPSA) is 154 Å². The molecule has 0 saturated carbocycles. The number of hydrogen-bond acceptors (Lipinski definition) is 6. The van der Waals surface area contributed by atoms with Gasteiger partial charge in [-0.3, -0.25) is 19.2 Å². The molecule has 0 aliphatic rings. The van der Waals surface area contributed by atoms with Crippen molar-refractivity contribution in [2.45, 2.75) is 67.5 Å². The first-order chi connectivity index (χ1) is 14.7. The molecule has 31 heavy (non-hydrogen) atoms. The molecule has 1 rings (SSSR count). The number of nitrogens with one attached hydrogen (secondary N) is 2. The molecule has 1 unspecified atom stereocenters. The predicted octanol–water partition coefficient (Wildman–Crippen LogP) is 2.33. The first kappa shape index (κ1) is 32.7. The second-order valence-electron chi connectivity index (χ2n) is 5.99. The molecule has 1 aromatic carbocycles. The van der Waals surface area contributed by atoms with E-state index in [0.29, 0.717) is 5.69 Å². The van der Waals surface area contributed by atoms with Crippen molar-refractivity contribution in [2.75, 3.05) is 11.9 Å². The summed E-state index contributed by atoms with van der Waals surface area (Å²) in [4.78, 5) is 42.9. The van der Waals surface area contributed by atoms with Crippen molar-refractivity contribution in [2.24, 2.45) is 17.4 Å². The number of anilines is 1. The van der Waals surface area contributed by atoms with Crippen LogP contribution in [0.25, 0.3) is 0 Å². The highest BCUT2D eigenvalue weighted by atomic mass is 16.5. The highest BCUT2D eigenvalue weighted by Crippen LogP contribution is 2.13. The van der Waals surface area contributed by atoms with Crippen LogP contribution in [0.4, 0.5) is 5.69 Å². The third-order valence-corrected chi connectivity index (χ3v) is 3.42. The molecule has 0 saturated heterocycles. The van der Waals surface area contributed by atoms with Gasteiger partial charge >= 0.3 is 5.97 Å². The van der Waals surface area contributed by atoms with Gasteiger partial charge in [-0.25, -0.2) is 0 Å². The number of primary amides is 1. The molecule has 0 fully saturated rings. The van der Waals surface area contributed by atoms with E-state index in [2.05, 4.69) is 16.4 Å². The molecule has 1 aromatic rings. The molecule has 0 aliphatic carbocycles. The lowest BCUT2D eigenvalue weighted by molar-refractivity contribution is -0.142. The van der Waals surface area contributed by atoms with Crippen LogP contribution in [0, 0.1) is 5.92 Å². The van der Waals surface area contributed by atoms with Gasteiger partial charge in [0.1, 0.15) is 6.61 Å². The summed E-state index contributed by atoms with van der Waals surface area (Å²) in [6.45, 7) is 13.3. The Morgan fingerprint density at radius 3 is 1.90 bits per heavy atom. The monoisotopic (exact) mass is 440 g/mol. The summed E-state index contributed by atoms with van der Waals surface area (Å²) < 4.78 is 4.90. The van der Waals surface area contributed by atoms with Crippen molar-refractivity contribution in [3.63, 3.8) is 0 Å². The fourth-order valence-electron chi connectivity index (χ4n) is 2.00. The maximum absolute atomic E-state index is 12.1. The van der Waals surface area contributed by atoms with Gasteiger partial charge in [-0.2, -0.15) is 0 Å². The largest absolute Gasteiger partial charge is 0.461 e. The van der Waals surface area contributed by atoms with E-state index in [4.69, 9.17) is 15.3 Å². The molecule has 6 N–H and O–H groups in total. The Bertz CT molecular complexity index is 619. The third kappa shape index (κ3) is 18.8. The van der Waals surface area contributed by atoms with E-state index < -0.39 is 0 Å². The standard InChI is InChI=1S/C17H25N3O4.2C2H6.CH3NO/c1-11(2)15(20-17(23)9-18)8-16(22)19-14-6-4-13(5-7-14)10-24-12(3)21;2*1-2;2-1-3/h4-7,11,15H,8-10,18H2,1-3H3,(H,19,22)(H,20,23);2*1-2H3;1H,(H2,2,3). The van der Waals surface area contributed by atoms with Crippen LogP contribution in [0.5, 0.6) is 0 Å². The zero-order valence-electron chi connectivity index (χ0n) is 19.9. The number of benzene rings is 1. The van der Waals surface area contributed by atoms with E-state index in [1.54, 1.807) is 24.3 Å². The molecule has 1 atom stereocenters. The Morgan fingerprint density at radius 1 is 1.03 bits per heavy atom. The number of carbonyl (C=O) groups excluding carboxylic acids is 4. The normalized spacial score (nSPS) is 9.84. The Hall–Kier alpha value is -2.94. The zero-order valence-corrected chi connectivity index (χ0v) is 19.9. The van der Waals surface area contributed by atoms with Crippen molar-refractivity contribution >= 4 is 29.9 Å². The van der Waals surface area contributed by atoms with Crippen molar-refractivity contribution in [1.29, 1.82) is 0 Å². The van der Waals surface area contributed by atoms with Crippen LogP contribution in [-0.2, 0) is 30.5 Å². The molecule has 3 amide bonds. The van der Waals surface area contributed by atoms with Crippen molar-refractivity contribution in [3.05, 3.63) is 29.8 Å². The average Bonchev–Trinajstić information content (AvgIpc) is 2.76. The number of hydrogen-bond donors (Lipinski definition) is 4. The van der Waals surface area contributed by atoms with E-state index in [9.17, 15) is 14.4 Å². The molecule has 178 valence electrons. The van der Waals surface area contributed by atoms with Crippen LogP contribution >= 0.6 is 0 Å². The number of nitrogens with two attached hydrogens (primary N) is 2. The lowest BCUT2D eigenvalue weighted by Crippen LogP contribution is -2.43. The van der Waals surface area contributed by atoms with Crippen LogP contribution in [0.2, 0.25) is 0 Å². The van der Waals surface area contributed by atoms with Gasteiger partial charge in [0, 0.05) is 25.1 Å². The minimum absolute atomic E-state index is 0.103. The fraction of sp³-hybridized carbons (Fsp3) is 0.545. The highest BCUT2D eigenvalue weighted by Gasteiger charge is 2.19. The number of carbonyl (C=O) groups is 4. The lowest BCUT2D eigenvalue weighted by Gasteiger charge is -2.21. The second kappa shape index (κ2) is 21.8. The van der Waals surface area contributed by atoms with Gasteiger partial charge in [-0.05, 0) is 23.6 Å². The molecule has 0 aliphatic heterocycles. The maximum Gasteiger partial charge on any atom is 0.302 e. The summed E-state index contributed by atoms with van der Waals surface area (Å²) in [5, 5.41) is 5.53. The van der Waals surface area contributed by atoms with E-state index in [0.717, 1.165) is 5.56 Å². The quantitative estimate of drug-likeness (QED) is 0.359.